The van der Waals surface area contributed by atoms with Gasteiger partial charge in [-0.05, 0) is 0 Å². The van der Waals surface area contributed by atoms with Gasteiger partial charge in [0, 0.05) is 6.07 Å². The fraction of sp³-hybridized carbons (Fsp3) is 0.250. The Morgan fingerprint density at radius 3 is 2.18 bits per heavy atom. The molecule has 0 aliphatic heterocycles. The molecule has 7 heteroatoms. The lowest BCUT2D eigenvalue weighted by molar-refractivity contribution is -0.726. The zero-order valence-corrected chi connectivity index (χ0v) is 6.58. The van der Waals surface area contributed by atoms with Crippen molar-refractivity contribution in [1.29, 1.82) is 0 Å². The van der Waals surface area contributed by atoms with Gasteiger partial charge in [0.2, 0.25) is 10.4 Å². The van der Waals surface area contributed by atoms with Crippen LogP contribution in [0.2, 0.25) is 0 Å². The molecule has 1 aromatic rings. The van der Waals surface area contributed by atoms with Gasteiger partial charge in [-0.3, -0.25) is 4.55 Å². The Balaban J connectivity index is 0.000000187. The van der Waals surface area contributed by atoms with Crippen molar-refractivity contribution in [2.45, 2.75) is 0 Å². The Labute approximate surface area is 64.0 Å². The number of hydrogen-bond acceptors (Lipinski definition) is 3. The summed E-state index contributed by atoms with van der Waals surface area (Å²) in [7, 11) is -2.97. The molecule has 0 saturated heterocycles. The van der Waals surface area contributed by atoms with Gasteiger partial charge in [-0.1, -0.05) is 0 Å². The third kappa shape index (κ3) is 12.3. The van der Waals surface area contributed by atoms with Gasteiger partial charge in [0.15, 0.2) is 13.2 Å². The molecule has 1 aromatic heterocycles. The van der Waals surface area contributed by atoms with E-state index in [2.05, 4.69) is 5.10 Å². The number of H-pyrrole nitrogens is 1. The second-order valence-corrected chi connectivity index (χ2v) is 2.53. The van der Waals surface area contributed by atoms with E-state index in [1.807, 2.05) is 30.2 Å². The van der Waals surface area contributed by atoms with Gasteiger partial charge < -0.3 is 4.55 Å². The lowest BCUT2D eigenvalue weighted by atomic mass is 10.8. The molecule has 2 N–H and O–H groups in total. The van der Waals surface area contributed by atoms with E-state index >= 15 is 0 Å². The number of aryl methyl sites for hydroxylation is 1. The van der Waals surface area contributed by atoms with Crippen LogP contribution >= 0.6 is 0 Å². The Kier molecular flexibility index (Phi) is 3.72. The molecule has 0 saturated carbocycles. The van der Waals surface area contributed by atoms with Crippen LogP contribution in [0.4, 0.5) is 0 Å². The number of aromatic nitrogens is 2. The SMILES string of the molecule is C[n+]1ccc[nH]1.O=S(=O)([O-])O. The van der Waals surface area contributed by atoms with Crippen LogP contribution in [0.1, 0.15) is 0 Å². The van der Waals surface area contributed by atoms with Crippen molar-refractivity contribution < 1.29 is 22.2 Å². The highest BCUT2D eigenvalue weighted by atomic mass is 32.3. The number of hydrogen-bond donors (Lipinski definition) is 2. The number of rotatable bonds is 0. The van der Waals surface area contributed by atoms with Crippen molar-refractivity contribution in [1.82, 2.24) is 5.10 Å². The van der Waals surface area contributed by atoms with Crippen molar-refractivity contribution in [2.24, 2.45) is 7.05 Å². The Bertz CT molecular complexity index is 269. The number of nitrogens with zero attached hydrogens (tertiary/aromatic N) is 1. The van der Waals surface area contributed by atoms with Gasteiger partial charge in [0.1, 0.15) is 0 Å². The standard InChI is InChI=1S/C4H6N2.H2O4S/c1-6-4-2-3-5-6;1-5(2,3)4/h2-4H,1H3;(H2,1,2,3,4). The summed E-state index contributed by atoms with van der Waals surface area (Å²) >= 11 is 0. The molecule has 6 nitrogen and oxygen atoms in total. The Morgan fingerprint density at radius 2 is 2.09 bits per heavy atom. The molecule has 0 atom stereocenters. The highest BCUT2D eigenvalue weighted by Crippen LogP contribution is 1.62. The average molecular weight is 180 g/mol. The van der Waals surface area contributed by atoms with Crippen molar-refractivity contribution in [3.05, 3.63) is 18.5 Å². The molecule has 64 valence electrons. The highest BCUT2D eigenvalue weighted by Gasteiger charge is 1.79. The summed E-state index contributed by atoms with van der Waals surface area (Å²) < 4.78 is 34.7. The van der Waals surface area contributed by atoms with E-state index < -0.39 is 10.4 Å². The van der Waals surface area contributed by atoms with Crippen LogP contribution in [0.5, 0.6) is 0 Å². The van der Waals surface area contributed by atoms with E-state index in [1.165, 1.54) is 0 Å². The third-order valence-corrected chi connectivity index (χ3v) is 0.684. The van der Waals surface area contributed by atoms with Gasteiger partial charge in [-0.25, -0.2) is 8.42 Å². The summed E-state index contributed by atoms with van der Waals surface area (Å²) in [5.41, 5.74) is 0. The fourth-order valence-corrected chi connectivity index (χ4v) is 0.376. The third-order valence-electron chi connectivity index (χ3n) is 0.684. The first-order valence-corrected chi connectivity index (χ1v) is 3.93. The molecule has 0 spiro atoms. The first-order valence-electron chi connectivity index (χ1n) is 2.57. The summed E-state index contributed by atoms with van der Waals surface area (Å²) in [6, 6.07) is 1.94. The van der Waals surface area contributed by atoms with Gasteiger partial charge >= 0.3 is 0 Å². The summed E-state index contributed by atoms with van der Waals surface area (Å²) in [4.78, 5) is 0. The summed E-state index contributed by atoms with van der Waals surface area (Å²) in [6.45, 7) is 0. The van der Waals surface area contributed by atoms with Crippen molar-refractivity contribution in [3.63, 3.8) is 0 Å². The Hall–Kier alpha value is -0.920. The molecule has 0 amide bonds. The quantitative estimate of drug-likeness (QED) is 0.299. The maximum atomic E-state index is 8.63. The fourth-order valence-electron chi connectivity index (χ4n) is 0.376. The summed E-state index contributed by atoms with van der Waals surface area (Å²) in [5, 5.41) is 2.92. The monoisotopic (exact) mass is 180 g/mol. The van der Waals surface area contributed by atoms with Crippen molar-refractivity contribution >= 4 is 10.4 Å². The van der Waals surface area contributed by atoms with Gasteiger partial charge in [0.25, 0.3) is 0 Å². The first kappa shape index (κ1) is 10.1. The molecule has 0 aliphatic carbocycles. The molecule has 0 aromatic carbocycles. The molecule has 0 radical (unpaired) electrons. The second kappa shape index (κ2) is 4.06. The largest absolute Gasteiger partial charge is 0.726 e. The summed E-state index contributed by atoms with van der Waals surface area (Å²) in [6.07, 6.45) is 3.82. The van der Waals surface area contributed by atoms with Crippen LogP contribution in [-0.4, -0.2) is 22.6 Å². The first-order chi connectivity index (χ1) is 4.89. The van der Waals surface area contributed by atoms with Crippen LogP contribution < -0.4 is 4.68 Å². The van der Waals surface area contributed by atoms with Crippen molar-refractivity contribution in [3.8, 4) is 0 Å². The zero-order chi connectivity index (χ0) is 8.91. The minimum atomic E-state index is -4.92. The van der Waals surface area contributed by atoms with Gasteiger partial charge in [-0.15, -0.1) is 4.68 Å². The number of aromatic amines is 1. The minimum absolute atomic E-state index is 1.88. The maximum Gasteiger partial charge on any atom is 0.215 e. The molecule has 1 heterocycles. The van der Waals surface area contributed by atoms with Crippen LogP contribution in [0.3, 0.4) is 0 Å². The molecular weight excluding hydrogens is 172 g/mol. The molecule has 0 fully saturated rings. The maximum absolute atomic E-state index is 8.63. The topological polar surface area (TPSA) is 97.1 Å². The minimum Gasteiger partial charge on any atom is -0.726 e. The second-order valence-electron chi connectivity index (χ2n) is 1.68. The highest BCUT2D eigenvalue weighted by molar-refractivity contribution is 7.79. The Morgan fingerprint density at radius 1 is 1.64 bits per heavy atom. The van der Waals surface area contributed by atoms with Crippen LogP contribution in [-0.2, 0) is 17.4 Å². The van der Waals surface area contributed by atoms with Crippen LogP contribution in [0, 0.1) is 0 Å². The van der Waals surface area contributed by atoms with Crippen molar-refractivity contribution in [2.75, 3.05) is 0 Å². The predicted molar refractivity (Wildman–Crippen MR) is 34.3 cm³/mol. The van der Waals surface area contributed by atoms with E-state index in [9.17, 15) is 0 Å². The predicted octanol–water partition coefficient (Wildman–Crippen LogP) is -1.16. The lowest BCUT2D eigenvalue weighted by Crippen LogP contribution is -2.27. The molecule has 0 bridgehead atoms. The molecule has 0 unspecified atom stereocenters. The van der Waals surface area contributed by atoms with E-state index in [0.717, 1.165) is 0 Å². The van der Waals surface area contributed by atoms with E-state index in [1.54, 1.807) is 0 Å². The lowest BCUT2D eigenvalue weighted by Gasteiger charge is -1.88. The zero-order valence-electron chi connectivity index (χ0n) is 5.76. The summed E-state index contributed by atoms with van der Waals surface area (Å²) in [5.74, 6) is 0. The van der Waals surface area contributed by atoms with Crippen LogP contribution in [0.25, 0.3) is 0 Å². The van der Waals surface area contributed by atoms with Crippen LogP contribution in [0.15, 0.2) is 18.5 Å². The molecule has 1 rings (SSSR count). The van der Waals surface area contributed by atoms with Gasteiger partial charge in [-0.2, -0.15) is 5.10 Å². The molecule has 0 aliphatic rings. The van der Waals surface area contributed by atoms with E-state index in [4.69, 9.17) is 17.5 Å². The smallest absolute Gasteiger partial charge is 0.215 e. The average Bonchev–Trinajstić information content (AvgIpc) is 2.12. The molecule has 11 heavy (non-hydrogen) atoms. The number of nitrogens with one attached hydrogen (secondary N) is 1. The van der Waals surface area contributed by atoms with E-state index in [-0.39, 0.29) is 0 Å². The van der Waals surface area contributed by atoms with E-state index in [0.29, 0.717) is 0 Å². The van der Waals surface area contributed by atoms with Gasteiger partial charge in [0.05, 0.1) is 6.20 Å². The normalized spacial score (nSPS) is 10.1. The molecular formula is C4H8N2O4S.